The standard InChI is InChI=1S/C16H30N2O/c1-13-11-15(12-14(2)19-13)18-9-5-16(6-10-18)3-7-17-8-4-16/h13-15,17H,3-12H2,1-2H3/t13-,14+,15?/i/hD. The largest absolute Gasteiger partial charge is 0.375 e. The van der Waals surface area contributed by atoms with E-state index in [-0.39, 0.29) is 0 Å². The monoisotopic (exact) mass is 267 g/mol. The molecule has 1 spiro atoms. The maximum atomic E-state index is 7.73. The van der Waals surface area contributed by atoms with Crippen LogP contribution in [0.5, 0.6) is 0 Å². The van der Waals surface area contributed by atoms with E-state index in [1.165, 1.54) is 51.6 Å². The lowest BCUT2D eigenvalue weighted by Crippen LogP contribution is -2.51. The van der Waals surface area contributed by atoms with E-state index in [9.17, 15) is 0 Å². The second-order valence-corrected chi connectivity index (χ2v) is 7.09. The Morgan fingerprint density at radius 3 is 2.21 bits per heavy atom. The van der Waals surface area contributed by atoms with Crippen molar-refractivity contribution < 1.29 is 6.15 Å². The van der Waals surface area contributed by atoms with Gasteiger partial charge < -0.3 is 14.9 Å². The summed E-state index contributed by atoms with van der Waals surface area (Å²) in [5, 5.41) is 1.75. The molecule has 0 aliphatic carbocycles. The predicted molar refractivity (Wildman–Crippen MR) is 78.4 cm³/mol. The van der Waals surface area contributed by atoms with Crippen LogP contribution in [0.4, 0.5) is 0 Å². The maximum absolute atomic E-state index is 7.73. The van der Waals surface area contributed by atoms with E-state index in [1.807, 2.05) is 0 Å². The van der Waals surface area contributed by atoms with Gasteiger partial charge in [-0.3, -0.25) is 0 Å². The first-order valence-corrected chi connectivity index (χ1v) is 8.20. The lowest BCUT2D eigenvalue weighted by Gasteiger charge is -2.48. The van der Waals surface area contributed by atoms with Gasteiger partial charge in [-0.1, -0.05) is 0 Å². The Kier molecular flexibility index (Phi) is 3.79. The van der Waals surface area contributed by atoms with E-state index in [1.54, 1.807) is 5.31 Å². The Morgan fingerprint density at radius 1 is 1.05 bits per heavy atom. The number of nitrogens with zero attached hydrogens (tertiary/aromatic N) is 1. The Hall–Kier alpha value is -0.120. The molecule has 0 amide bonds. The van der Waals surface area contributed by atoms with Crippen molar-refractivity contribution in [1.29, 1.82) is 0 Å². The fraction of sp³-hybridized carbons (Fsp3) is 1.00. The molecule has 0 radical (unpaired) electrons. The topological polar surface area (TPSA) is 24.5 Å². The molecule has 3 rings (SSSR count). The highest BCUT2D eigenvalue weighted by Gasteiger charge is 2.38. The molecule has 3 atom stereocenters. The molecular weight excluding hydrogens is 236 g/mol. The molecule has 0 saturated carbocycles. The number of piperidine rings is 2. The second-order valence-electron chi connectivity index (χ2n) is 7.09. The van der Waals surface area contributed by atoms with E-state index in [0.717, 1.165) is 19.1 Å². The lowest BCUT2D eigenvalue weighted by atomic mass is 9.71. The summed E-state index contributed by atoms with van der Waals surface area (Å²) in [6.45, 7) is 8.93. The average Bonchev–Trinajstić information content (AvgIpc) is 2.42. The molecule has 3 nitrogen and oxygen atoms in total. The number of rotatable bonds is 1. The van der Waals surface area contributed by atoms with Crippen LogP contribution >= 0.6 is 0 Å². The molecule has 3 fully saturated rings. The molecule has 110 valence electrons. The van der Waals surface area contributed by atoms with Gasteiger partial charge in [0.15, 0.2) is 0 Å². The minimum Gasteiger partial charge on any atom is -0.375 e. The summed E-state index contributed by atoms with van der Waals surface area (Å²) in [6.07, 6.45) is 8.44. The molecule has 0 aromatic heterocycles. The quantitative estimate of drug-likeness (QED) is 0.789. The van der Waals surface area contributed by atoms with Gasteiger partial charge in [0.2, 0.25) is 0 Å². The van der Waals surface area contributed by atoms with E-state index in [2.05, 4.69) is 18.7 Å². The van der Waals surface area contributed by atoms with Gasteiger partial charge in [0, 0.05) is 6.04 Å². The van der Waals surface area contributed by atoms with Crippen LogP contribution in [-0.2, 0) is 4.74 Å². The zero-order valence-corrected chi connectivity index (χ0v) is 12.6. The van der Waals surface area contributed by atoms with Gasteiger partial charge in [-0.15, -0.1) is 0 Å². The third kappa shape index (κ3) is 3.14. The van der Waals surface area contributed by atoms with Gasteiger partial charge in [0.25, 0.3) is 0 Å². The predicted octanol–water partition coefficient (Wildman–Crippen LogP) is 2.41. The smallest absolute Gasteiger partial charge is 0.122 e. The van der Waals surface area contributed by atoms with Crippen molar-refractivity contribution in [3.63, 3.8) is 0 Å². The molecule has 0 bridgehead atoms. The number of hydrogen-bond donors (Lipinski definition) is 1. The molecule has 3 saturated heterocycles. The van der Waals surface area contributed by atoms with Gasteiger partial charge >= 0.3 is 0 Å². The van der Waals surface area contributed by atoms with Crippen molar-refractivity contribution in [2.45, 2.75) is 70.6 Å². The first-order valence-electron chi connectivity index (χ1n) is 8.64. The highest BCUT2D eigenvalue weighted by molar-refractivity contribution is 4.92. The summed E-state index contributed by atoms with van der Waals surface area (Å²) >= 11 is 0. The second kappa shape index (κ2) is 5.71. The first-order chi connectivity index (χ1) is 9.56. The Balaban J connectivity index is 1.53. The minimum absolute atomic E-state index is 0.422. The number of ether oxygens (including phenoxy) is 1. The van der Waals surface area contributed by atoms with Gasteiger partial charge in [-0.2, -0.15) is 0 Å². The summed E-state index contributed by atoms with van der Waals surface area (Å²) < 4.78 is 13.6. The maximum Gasteiger partial charge on any atom is 0.122 e. The molecule has 19 heavy (non-hydrogen) atoms. The third-order valence-corrected chi connectivity index (χ3v) is 5.65. The van der Waals surface area contributed by atoms with Crippen molar-refractivity contribution in [1.82, 2.24) is 10.2 Å². The summed E-state index contributed by atoms with van der Waals surface area (Å²) in [5.74, 6) is 0. The van der Waals surface area contributed by atoms with Crippen LogP contribution in [0.2, 0.25) is 1.41 Å². The molecule has 3 aliphatic heterocycles. The number of likely N-dealkylation sites (tertiary alicyclic amines) is 1. The molecule has 1 unspecified atom stereocenters. The molecule has 1 N–H and O–H groups in total. The van der Waals surface area contributed by atoms with E-state index >= 15 is 0 Å². The first kappa shape index (κ1) is 12.6. The summed E-state index contributed by atoms with van der Waals surface area (Å²) in [7, 11) is 0. The average molecular weight is 267 g/mol. The lowest BCUT2D eigenvalue weighted by molar-refractivity contribution is -0.0752. The third-order valence-electron chi connectivity index (χ3n) is 5.65. The number of hydrogen-bond acceptors (Lipinski definition) is 3. The fourth-order valence-electron chi connectivity index (χ4n) is 4.40. The van der Waals surface area contributed by atoms with Crippen LogP contribution in [0.1, 0.15) is 52.4 Å². The highest BCUT2D eigenvalue weighted by atomic mass is 16.5. The summed E-state index contributed by atoms with van der Waals surface area (Å²) in [4.78, 5) is 2.73. The minimum atomic E-state index is 0.422. The molecule has 0 aromatic carbocycles. The molecule has 3 heterocycles. The van der Waals surface area contributed by atoms with Gasteiger partial charge in [0.1, 0.15) is 1.41 Å². The molecule has 3 heteroatoms. The van der Waals surface area contributed by atoms with Crippen LogP contribution in [0.25, 0.3) is 0 Å². The van der Waals surface area contributed by atoms with Crippen molar-refractivity contribution in [3.8, 4) is 0 Å². The van der Waals surface area contributed by atoms with Crippen molar-refractivity contribution in [2.24, 2.45) is 5.41 Å². The Bertz CT molecular complexity index is 310. The van der Waals surface area contributed by atoms with Crippen LogP contribution in [0, 0.1) is 5.41 Å². The normalized spacial score (nSPS) is 42.2. The molecule has 3 aliphatic rings. The summed E-state index contributed by atoms with van der Waals surface area (Å²) in [6, 6.07) is 0.738. The van der Waals surface area contributed by atoms with E-state index in [4.69, 9.17) is 6.15 Å². The van der Waals surface area contributed by atoms with Crippen LogP contribution < -0.4 is 5.31 Å². The van der Waals surface area contributed by atoms with Crippen molar-refractivity contribution in [3.05, 3.63) is 0 Å². The Morgan fingerprint density at radius 2 is 1.63 bits per heavy atom. The van der Waals surface area contributed by atoms with Crippen LogP contribution in [-0.4, -0.2) is 49.3 Å². The zero-order valence-electron chi connectivity index (χ0n) is 13.6. The molecule has 0 aromatic rings. The van der Waals surface area contributed by atoms with E-state index < -0.39 is 0 Å². The van der Waals surface area contributed by atoms with Gasteiger partial charge in [0.05, 0.1) is 12.2 Å². The number of nitrogens with one attached hydrogen (secondary N) is 1. The van der Waals surface area contributed by atoms with E-state index in [0.29, 0.717) is 17.6 Å². The molecular formula is C16H30N2O. The summed E-state index contributed by atoms with van der Waals surface area (Å²) in [5.41, 5.74) is 0.566. The van der Waals surface area contributed by atoms with Gasteiger partial charge in [-0.05, 0) is 84.0 Å². The Labute approximate surface area is 119 Å². The van der Waals surface area contributed by atoms with Gasteiger partial charge in [-0.25, -0.2) is 0 Å². The fourth-order valence-corrected chi connectivity index (χ4v) is 4.40. The van der Waals surface area contributed by atoms with Crippen molar-refractivity contribution in [2.75, 3.05) is 26.2 Å². The van der Waals surface area contributed by atoms with Crippen molar-refractivity contribution >= 4 is 0 Å². The zero-order chi connectivity index (χ0) is 14.2. The van der Waals surface area contributed by atoms with Crippen LogP contribution in [0.3, 0.4) is 0 Å². The van der Waals surface area contributed by atoms with Crippen LogP contribution in [0.15, 0.2) is 0 Å². The highest BCUT2D eigenvalue weighted by Crippen LogP contribution is 2.40. The SMILES string of the molecule is [2H]N1CCC2(CC1)CCN(C1C[C@@H](C)O[C@@H](C)C1)CC2.